The maximum absolute atomic E-state index is 10.7. The molecule has 6 heteroatoms. The van der Waals surface area contributed by atoms with E-state index in [1.165, 1.54) is 6.07 Å². The molecule has 0 saturated carbocycles. The van der Waals surface area contributed by atoms with Gasteiger partial charge in [-0.3, -0.25) is 10.1 Å². The van der Waals surface area contributed by atoms with Crippen LogP contribution in [-0.2, 0) is 4.74 Å². The first-order chi connectivity index (χ1) is 8.49. The average Bonchev–Trinajstić information content (AvgIpc) is 2.31. The van der Waals surface area contributed by atoms with E-state index < -0.39 is 4.92 Å². The Bertz CT molecular complexity index is 464. The van der Waals surface area contributed by atoms with Crippen LogP contribution in [0.3, 0.4) is 0 Å². The van der Waals surface area contributed by atoms with Gasteiger partial charge in [0.2, 0.25) is 0 Å². The topological polar surface area (TPSA) is 81.6 Å². The number of hydrogen-bond acceptors (Lipinski definition) is 5. The summed E-state index contributed by atoms with van der Waals surface area (Å²) in [5.41, 5.74) is 6.76. The minimum absolute atomic E-state index is 0.0484. The lowest BCUT2D eigenvalue weighted by atomic mass is 10.1. The number of nitro benzene ring substituents is 1. The van der Waals surface area contributed by atoms with Gasteiger partial charge in [0.05, 0.1) is 17.6 Å². The zero-order valence-corrected chi connectivity index (χ0v) is 10.5. The van der Waals surface area contributed by atoms with Gasteiger partial charge in [-0.25, -0.2) is 0 Å². The molecule has 2 unspecified atom stereocenters. The maximum atomic E-state index is 10.7. The van der Waals surface area contributed by atoms with Gasteiger partial charge in [0.15, 0.2) is 0 Å². The molecule has 1 saturated heterocycles. The van der Waals surface area contributed by atoms with Crippen LogP contribution < -0.4 is 10.6 Å². The van der Waals surface area contributed by atoms with E-state index in [1.54, 1.807) is 12.1 Å². The van der Waals surface area contributed by atoms with Crippen molar-refractivity contribution in [1.29, 1.82) is 0 Å². The summed E-state index contributed by atoms with van der Waals surface area (Å²) in [5, 5.41) is 10.7. The fraction of sp³-hybridized carbons (Fsp3) is 0.500. The summed E-state index contributed by atoms with van der Waals surface area (Å²) in [6, 6.07) is 5.09. The molecule has 2 atom stereocenters. The molecule has 2 N–H and O–H groups in total. The summed E-state index contributed by atoms with van der Waals surface area (Å²) >= 11 is 0. The average molecular weight is 251 g/mol. The minimum Gasteiger partial charge on any atom is -0.393 e. The summed E-state index contributed by atoms with van der Waals surface area (Å²) in [7, 11) is 0. The van der Waals surface area contributed by atoms with Crippen LogP contribution in [0.15, 0.2) is 18.2 Å². The maximum Gasteiger partial charge on any atom is 0.292 e. The van der Waals surface area contributed by atoms with Gasteiger partial charge in [-0.05, 0) is 26.0 Å². The van der Waals surface area contributed by atoms with Gasteiger partial charge >= 0.3 is 0 Å². The Morgan fingerprint density at radius 1 is 1.50 bits per heavy atom. The lowest BCUT2D eigenvalue weighted by molar-refractivity contribution is -0.383. The van der Waals surface area contributed by atoms with E-state index in [4.69, 9.17) is 10.5 Å². The first-order valence-electron chi connectivity index (χ1n) is 5.91. The number of anilines is 2. The lowest BCUT2D eigenvalue weighted by Gasteiger charge is -2.38. The number of nitrogens with two attached hydrogens (primary N) is 1. The highest BCUT2D eigenvalue weighted by Gasteiger charge is 2.24. The first-order valence-corrected chi connectivity index (χ1v) is 5.91. The molecule has 1 aliphatic rings. The minimum atomic E-state index is -0.468. The van der Waals surface area contributed by atoms with Gasteiger partial charge in [-0.1, -0.05) is 0 Å². The molecule has 1 aliphatic heterocycles. The second kappa shape index (κ2) is 4.81. The predicted octanol–water partition coefficient (Wildman–Crippen LogP) is 1.79. The van der Waals surface area contributed by atoms with Crippen molar-refractivity contribution < 1.29 is 9.66 Å². The van der Waals surface area contributed by atoms with Crippen molar-refractivity contribution in [3.05, 3.63) is 28.3 Å². The summed E-state index contributed by atoms with van der Waals surface area (Å²) in [4.78, 5) is 12.4. The van der Waals surface area contributed by atoms with Crippen LogP contribution in [0.5, 0.6) is 0 Å². The van der Waals surface area contributed by atoms with Gasteiger partial charge in [0.1, 0.15) is 5.69 Å². The Morgan fingerprint density at radius 3 is 2.83 bits per heavy atom. The van der Waals surface area contributed by atoms with Crippen LogP contribution in [0, 0.1) is 10.1 Å². The largest absolute Gasteiger partial charge is 0.393 e. The molecule has 0 aliphatic carbocycles. The van der Waals surface area contributed by atoms with E-state index in [1.807, 2.05) is 6.92 Å². The molecule has 18 heavy (non-hydrogen) atoms. The van der Waals surface area contributed by atoms with E-state index in [2.05, 4.69) is 11.8 Å². The highest BCUT2D eigenvalue weighted by Crippen LogP contribution is 2.29. The second-order valence-electron chi connectivity index (χ2n) is 4.65. The quantitative estimate of drug-likeness (QED) is 0.492. The van der Waals surface area contributed by atoms with E-state index in [-0.39, 0.29) is 23.5 Å². The number of rotatable bonds is 2. The van der Waals surface area contributed by atoms with Crippen molar-refractivity contribution in [1.82, 2.24) is 0 Å². The van der Waals surface area contributed by atoms with Crippen molar-refractivity contribution in [2.24, 2.45) is 0 Å². The molecule has 1 heterocycles. The normalized spacial score (nSPS) is 24.0. The van der Waals surface area contributed by atoms with Crippen LogP contribution in [0.2, 0.25) is 0 Å². The molecular formula is C12H17N3O3. The molecular weight excluding hydrogens is 234 g/mol. The van der Waals surface area contributed by atoms with Crippen LogP contribution in [0.1, 0.15) is 13.8 Å². The molecule has 1 fully saturated rings. The van der Waals surface area contributed by atoms with Gasteiger partial charge in [0, 0.05) is 24.3 Å². The van der Waals surface area contributed by atoms with Crippen molar-refractivity contribution >= 4 is 17.1 Å². The zero-order chi connectivity index (χ0) is 13.3. The molecule has 1 aromatic carbocycles. The molecule has 0 amide bonds. The van der Waals surface area contributed by atoms with Crippen molar-refractivity contribution in [3.63, 3.8) is 0 Å². The van der Waals surface area contributed by atoms with Crippen LogP contribution in [0.4, 0.5) is 17.1 Å². The molecule has 0 radical (unpaired) electrons. The van der Waals surface area contributed by atoms with E-state index >= 15 is 0 Å². The van der Waals surface area contributed by atoms with E-state index in [9.17, 15) is 10.1 Å². The fourth-order valence-electron chi connectivity index (χ4n) is 2.15. The third kappa shape index (κ3) is 2.38. The van der Waals surface area contributed by atoms with Gasteiger partial charge in [-0.2, -0.15) is 0 Å². The second-order valence-corrected chi connectivity index (χ2v) is 4.65. The summed E-state index contributed by atoms with van der Waals surface area (Å²) in [6.07, 6.45) is 0.151. The Kier molecular flexibility index (Phi) is 3.38. The number of hydrogen-bond donors (Lipinski definition) is 1. The molecule has 98 valence electrons. The number of morpholine rings is 1. The first kappa shape index (κ1) is 12.6. The number of nitrogen functional groups attached to an aromatic ring is 1. The van der Waals surface area contributed by atoms with E-state index in [0.717, 1.165) is 12.2 Å². The Hall–Kier alpha value is -1.82. The highest BCUT2D eigenvalue weighted by atomic mass is 16.6. The molecule has 0 spiro atoms. The van der Waals surface area contributed by atoms with Crippen LogP contribution in [-0.4, -0.2) is 30.2 Å². The zero-order valence-electron chi connectivity index (χ0n) is 10.5. The standard InChI is InChI=1S/C12H17N3O3/c1-8-7-18-9(2)6-14(8)10-3-4-12(15(16)17)11(13)5-10/h3-5,8-9H,6-7,13H2,1-2H3. The van der Waals surface area contributed by atoms with Gasteiger partial charge in [0.25, 0.3) is 5.69 Å². The Balaban J connectivity index is 2.28. The van der Waals surface area contributed by atoms with Crippen molar-refractivity contribution in [2.75, 3.05) is 23.8 Å². The highest BCUT2D eigenvalue weighted by molar-refractivity contribution is 5.67. The number of ether oxygens (including phenoxy) is 1. The molecule has 0 aromatic heterocycles. The van der Waals surface area contributed by atoms with Crippen LogP contribution in [0.25, 0.3) is 0 Å². The third-order valence-corrected chi connectivity index (χ3v) is 3.15. The van der Waals surface area contributed by atoms with Gasteiger partial charge < -0.3 is 15.4 Å². The lowest BCUT2D eigenvalue weighted by Crippen LogP contribution is -2.47. The molecule has 1 aromatic rings. The van der Waals surface area contributed by atoms with E-state index in [0.29, 0.717) is 6.61 Å². The molecule has 0 bridgehead atoms. The number of nitrogens with zero attached hydrogens (tertiary/aromatic N) is 2. The smallest absolute Gasteiger partial charge is 0.292 e. The summed E-state index contributed by atoms with van der Waals surface area (Å²) < 4.78 is 5.55. The monoisotopic (exact) mass is 251 g/mol. The van der Waals surface area contributed by atoms with Crippen molar-refractivity contribution in [3.8, 4) is 0 Å². The van der Waals surface area contributed by atoms with Gasteiger partial charge in [-0.15, -0.1) is 0 Å². The summed E-state index contributed by atoms with van der Waals surface area (Å²) in [5.74, 6) is 0. The Morgan fingerprint density at radius 2 is 2.22 bits per heavy atom. The number of benzene rings is 1. The Labute approximate surface area is 105 Å². The molecule has 2 rings (SSSR count). The predicted molar refractivity (Wildman–Crippen MR) is 69.7 cm³/mol. The number of nitro groups is 1. The molecule has 6 nitrogen and oxygen atoms in total. The fourth-order valence-corrected chi connectivity index (χ4v) is 2.15. The SMILES string of the molecule is CC1CN(c2ccc([N+](=O)[O-])c(N)c2)C(C)CO1. The van der Waals surface area contributed by atoms with Crippen molar-refractivity contribution in [2.45, 2.75) is 26.0 Å². The summed E-state index contributed by atoms with van der Waals surface area (Å²) in [6.45, 7) is 5.48. The third-order valence-electron chi connectivity index (χ3n) is 3.15. The van der Waals surface area contributed by atoms with Crippen LogP contribution >= 0.6 is 0 Å².